The van der Waals surface area contributed by atoms with E-state index in [-0.39, 0.29) is 86.3 Å². The van der Waals surface area contributed by atoms with E-state index in [0.717, 1.165) is 22.7 Å². The second-order valence-electron chi connectivity index (χ2n) is 24.4. The third kappa shape index (κ3) is 10.8. The van der Waals surface area contributed by atoms with Gasteiger partial charge in [-0.1, -0.05) is 231 Å². The molecule has 0 atom stereocenters. The van der Waals surface area contributed by atoms with E-state index in [2.05, 4.69) is 0 Å². The molecule has 5 aliphatic carbocycles. The van der Waals surface area contributed by atoms with E-state index >= 15 is 28.8 Å². The number of carbonyl (C=O) groups excluding carboxylic acids is 10. The minimum absolute atomic E-state index is 0.0475. The lowest BCUT2D eigenvalue weighted by atomic mass is 9.66. The molecule has 0 fully saturated rings. The van der Waals surface area contributed by atoms with Crippen molar-refractivity contribution in [3.8, 4) is 9.75 Å². The Kier molecular flexibility index (Phi) is 16.9. The van der Waals surface area contributed by atoms with Crippen LogP contribution in [0.4, 0.5) is 0 Å². The fourth-order valence-electron chi connectivity index (χ4n) is 13.8. The molecule has 10 aromatic rings. The number of thiophene rings is 2. The smallest absolute Gasteiger partial charge is 0.333 e. The summed E-state index contributed by atoms with van der Waals surface area (Å²) in [5.74, 6) is -11.7. The number of hydrogen-bond donors (Lipinski definition) is 0. The second kappa shape index (κ2) is 26.5. The molecule has 0 radical (unpaired) electrons. The third-order valence-corrected chi connectivity index (χ3v) is 21.0. The number of ether oxygens (including phenoxy) is 6. The van der Waals surface area contributed by atoms with Crippen molar-refractivity contribution in [2.75, 3.05) is 0 Å². The first-order valence-electron chi connectivity index (χ1n) is 32.1. The molecule has 0 aliphatic heterocycles. The van der Waals surface area contributed by atoms with E-state index in [9.17, 15) is 19.2 Å². The summed E-state index contributed by atoms with van der Waals surface area (Å²) in [6, 6.07) is 63.6. The first-order chi connectivity index (χ1) is 49.2. The minimum atomic E-state index is -3.16. The predicted octanol–water partition coefficient (Wildman–Crippen LogP) is 13.5. The van der Waals surface area contributed by atoms with Crippen molar-refractivity contribution < 1.29 is 76.4 Å². The lowest BCUT2D eigenvalue weighted by Gasteiger charge is -2.35. The number of esters is 6. The summed E-state index contributed by atoms with van der Waals surface area (Å²) in [5.41, 5.74) is -8.38. The zero-order valence-corrected chi connectivity index (χ0v) is 55.0. The summed E-state index contributed by atoms with van der Waals surface area (Å²) in [5, 5.41) is 0. The van der Waals surface area contributed by atoms with Crippen LogP contribution in [0.3, 0.4) is 0 Å². The van der Waals surface area contributed by atoms with Crippen LogP contribution in [-0.4, -0.2) is 58.9 Å². The molecule has 101 heavy (non-hydrogen) atoms. The fourth-order valence-corrected chi connectivity index (χ4v) is 16.7. The normalized spacial score (nSPS) is 15.9. The average molecular weight is 1370 g/mol. The van der Waals surface area contributed by atoms with Gasteiger partial charge in [0.15, 0.2) is 0 Å². The molecule has 0 unspecified atom stereocenters. The number of rotatable bonds is 20. The van der Waals surface area contributed by atoms with Gasteiger partial charge in [-0.15, -0.1) is 22.7 Å². The minimum Gasteiger partial charge on any atom is -0.459 e. The van der Waals surface area contributed by atoms with Crippen molar-refractivity contribution in [3.63, 3.8) is 0 Å². The molecular formula is C83H54O16S2. The zero-order chi connectivity index (χ0) is 69.6. The molecule has 0 saturated heterocycles. The second-order valence-corrected chi connectivity index (χ2v) is 26.5. The van der Waals surface area contributed by atoms with Gasteiger partial charge in [-0.05, 0) is 80.0 Å². The van der Waals surface area contributed by atoms with Gasteiger partial charge in [0, 0.05) is 54.3 Å². The maximum atomic E-state index is 17.2. The summed E-state index contributed by atoms with van der Waals surface area (Å²) in [4.78, 5) is 158. The average Bonchev–Trinajstić information content (AvgIpc) is 1.48. The topological polar surface area (TPSA) is 226 Å². The monoisotopic (exact) mass is 1370 g/mol. The first kappa shape index (κ1) is 64.6. The van der Waals surface area contributed by atoms with Crippen LogP contribution >= 0.6 is 22.7 Å². The maximum Gasteiger partial charge on any atom is 0.333 e. The highest BCUT2D eigenvalue weighted by Crippen LogP contribution is 2.68. The van der Waals surface area contributed by atoms with Gasteiger partial charge in [-0.2, -0.15) is 0 Å². The van der Waals surface area contributed by atoms with Crippen molar-refractivity contribution in [1.29, 1.82) is 0 Å². The van der Waals surface area contributed by atoms with Gasteiger partial charge in [-0.25, -0.2) is 0 Å². The van der Waals surface area contributed by atoms with Gasteiger partial charge in [0.2, 0.25) is 39.4 Å². The lowest BCUT2D eigenvalue weighted by molar-refractivity contribution is -0.168. The van der Waals surface area contributed by atoms with E-state index in [4.69, 9.17) is 28.4 Å². The molecule has 15 rings (SSSR count). The molecule has 0 saturated carbocycles. The van der Waals surface area contributed by atoms with Crippen molar-refractivity contribution in [1.82, 2.24) is 0 Å². The Bertz CT molecular complexity index is 4820. The van der Waals surface area contributed by atoms with Crippen molar-refractivity contribution in [2.24, 2.45) is 0 Å². The van der Waals surface area contributed by atoms with Crippen molar-refractivity contribution in [2.45, 2.75) is 55.9 Å². The van der Waals surface area contributed by atoms with Gasteiger partial charge in [-0.3, -0.25) is 47.9 Å². The highest BCUT2D eigenvalue weighted by molar-refractivity contribution is 7.24. The summed E-state index contributed by atoms with van der Waals surface area (Å²) in [6.45, 7) is -2.93. The Labute approximate surface area is 585 Å². The third-order valence-electron chi connectivity index (χ3n) is 18.6. The molecule has 0 spiro atoms. The molecule has 2 heterocycles. The summed E-state index contributed by atoms with van der Waals surface area (Å²) in [7, 11) is 0. The van der Waals surface area contributed by atoms with E-state index in [0.29, 0.717) is 33.4 Å². The predicted molar refractivity (Wildman–Crippen MR) is 373 cm³/mol. The molecule has 0 N–H and O–H groups in total. The maximum absolute atomic E-state index is 17.2. The van der Waals surface area contributed by atoms with Crippen molar-refractivity contribution >= 4 is 105 Å². The number of carbonyl (C=O) groups is 10. The fraction of sp³-hybridized carbons (Fsp3) is 0.108. The number of fused-ring (bicyclic) bond motifs is 9. The van der Waals surface area contributed by atoms with Gasteiger partial charge in [0.25, 0.3) is 0 Å². The van der Waals surface area contributed by atoms with Crippen LogP contribution in [0.2, 0.25) is 0 Å². The van der Waals surface area contributed by atoms with Gasteiger partial charge in [0.1, 0.15) is 39.6 Å². The van der Waals surface area contributed by atoms with E-state index in [1.807, 2.05) is 0 Å². The molecule has 8 aromatic carbocycles. The van der Waals surface area contributed by atoms with E-state index < -0.39 is 115 Å². The lowest BCUT2D eigenvalue weighted by Crippen LogP contribution is -2.53. The molecule has 16 nitrogen and oxygen atoms in total. The SMILES string of the molecule is O=C1C(=O)c2ccccc2/C1=C/C1=Cc2sc3c(c2C1(C(=O)OCc1ccccc1)C(=O)OCc1ccccc1)C(C(=O)OCc1ccccc1)(C(=O)OCc1ccccc1)c1c-3sc2c1C(C(=O)OCc1ccccc1)(C(=O)OCc1ccccc1)C(/C=C1\C(=O)C(=O)c3ccccc31)=C2. The standard InChI is InChI=1S/C83H54O16S2/c84-69-59-37-21-19-35-57(59)61(71(69)86)39-55-41-63-65(81(55,75(88)94-43-49-23-7-1-8-24-49)76(89)95-44-50-25-9-2-10-26-50)67-73(100-63)74-68(83(67,79(92)98-47-53-31-15-5-16-32-53)80(93)99-48-54-33-17-6-18-34-54)66-64(101-74)42-56(40-62-58-36-20-22-38-60(58)70(85)72(62)87)82(66,77(90)96-45-51-27-11-3-12-28-51)78(91)97-46-52-29-13-4-14-30-52/h1-42H,43-48H2/b61-39-,62-40-. The summed E-state index contributed by atoms with van der Waals surface area (Å²) < 4.78 is 38.6. The van der Waals surface area contributed by atoms with Crippen LogP contribution in [0, 0.1) is 0 Å². The van der Waals surface area contributed by atoms with E-state index in [1.54, 1.807) is 218 Å². The van der Waals surface area contributed by atoms with Crippen LogP contribution in [-0.2, 0) is 123 Å². The van der Waals surface area contributed by atoms with Crippen LogP contribution in [0.15, 0.2) is 254 Å². The molecule has 0 bridgehead atoms. The van der Waals surface area contributed by atoms with Crippen molar-refractivity contribution in [3.05, 3.63) is 341 Å². The summed E-state index contributed by atoms with van der Waals surface area (Å²) >= 11 is 1.84. The first-order valence-corrected chi connectivity index (χ1v) is 33.7. The van der Waals surface area contributed by atoms with Gasteiger partial charge in [0.05, 0.1) is 9.75 Å². The zero-order valence-electron chi connectivity index (χ0n) is 53.3. The number of allylic oxidation sites excluding steroid dienone is 4. The van der Waals surface area contributed by atoms with Gasteiger partial charge < -0.3 is 28.4 Å². The molecule has 494 valence electrons. The molecule has 18 heteroatoms. The number of benzene rings is 8. The van der Waals surface area contributed by atoms with Crippen LogP contribution in [0.1, 0.15) is 97.2 Å². The highest BCUT2D eigenvalue weighted by atomic mass is 32.1. The Hall–Kier alpha value is -12.4. The molecule has 0 amide bonds. The van der Waals surface area contributed by atoms with E-state index in [1.165, 1.54) is 36.4 Å². The molecule has 2 aromatic heterocycles. The number of Topliss-reactive ketones (excluding diaryl/α,β-unsaturated/α-hetero) is 4. The largest absolute Gasteiger partial charge is 0.459 e. The Morgan fingerprint density at radius 1 is 0.277 bits per heavy atom. The van der Waals surface area contributed by atoms with Crippen LogP contribution in [0.5, 0.6) is 0 Å². The Morgan fingerprint density at radius 3 is 0.762 bits per heavy atom. The number of hydrogen-bond acceptors (Lipinski definition) is 18. The Morgan fingerprint density at radius 2 is 0.505 bits per heavy atom. The molecule has 5 aliphatic rings. The van der Waals surface area contributed by atoms with Crippen LogP contribution < -0.4 is 0 Å². The molecular weight excluding hydrogens is 1320 g/mol. The van der Waals surface area contributed by atoms with Gasteiger partial charge >= 0.3 is 35.8 Å². The van der Waals surface area contributed by atoms with Crippen LogP contribution in [0.25, 0.3) is 33.1 Å². The highest BCUT2D eigenvalue weighted by Gasteiger charge is 2.72. The number of ketones is 4. The Balaban J connectivity index is 1.05. The summed E-state index contributed by atoms with van der Waals surface area (Å²) in [6.07, 6.45) is 5.39. The quantitative estimate of drug-likeness (QED) is 0.0227.